The van der Waals surface area contributed by atoms with Gasteiger partial charge in [0.2, 0.25) is 0 Å². The molecule has 90 valence electrons. The number of methoxy groups -OCH3 is 1. The van der Waals surface area contributed by atoms with Gasteiger partial charge >= 0.3 is 0 Å². The van der Waals surface area contributed by atoms with Crippen molar-refractivity contribution in [1.29, 1.82) is 5.26 Å². The van der Waals surface area contributed by atoms with Crippen LogP contribution in [0.5, 0.6) is 5.75 Å². The summed E-state index contributed by atoms with van der Waals surface area (Å²) in [4.78, 5) is 14.1. The number of H-pyrrole nitrogens is 1. The fourth-order valence-electron chi connectivity index (χ4n) is 1.56. The predicted octanol–water partition coefficient (Wildman–Crippen LogP) is 2.58. The Balaban J connectivity index is 2.50. The van der Waals surface area contributed by atoms with Crippen molar-refractivity contribution in [2.45, 2.75) is 0 Å². The molecule has 5 heteroatoms. The Morgan fingerprint density at radius 2 is 2.11 bits per heavy atom. The number of hydrogen-bond donors (Lipinski definition) is 1. The van der Waals surface area contributed by atoms with E-state index >= 15 is 0 Å². The van der Waals surface area contributed by atoms with Crippen LogP contribution in [0, 0.1) is 11.3 Å². The van der Waals surface area contributed by atoms with Gasteiger partial charge < -0.3 is 9.72 Å². The molecule has 0 radical (unpaired) electrons. The summed E-state index contributed by atoms with van der Waals surface area (Å²) in [6.07, 6.45) is 0. The molecule has 0 bridgehead atoms. The summed E-state index contributed by atoms with van der Waals surface area (Å²) in [6, 6.07) is 10.1. The minimum absolute atomic E-state index is 0.0818. The molecule has 1 aromatic carbocycles. The molecule has 1 N–H and O–H groups in total. The van der Waals surface area contributed by atoms with Crippen LogP contribution in [0.4, 0.5) is 0 Å². The largest absolute Gasteiger partial charge is 0.495 e. The van der Waals surface area contributed by atoms with Crippen molar-refractivity contribution in [2.75, 3.05) is 7.11 Å². The van der Waals surface area contributed by atoms with Crippen molar-refractivity contribution in [3.63, 3.8) is 0 Å². The molecule has 0 amide bonds. The van der Waals surface area contributed by atoms with Crippen LogP contribution in [-0.2, 0) is 0 Å². The Morgan fingerprint density at radius 1 is 1.33 bits per heavy atom. The van der Waals surface area contributed by atoms with E-state index in [1.807, 2.05) is 6.07 Å². The highest BCUT2D eigenvalue weighted by Gasteiger charge is 2.06. The van der Waals surface area contributed by atoms with E-state index in [-0.39, 0.29) is 5.56 Å². The van der Waals surface area contributed by atoms with E-state index in [1.54, 1.807) is 24.3 Å². The van der Waals surface area contributed by atoms with Gasteiger partial charge in [-0.25, -0.2) is 0 Å². The van der Waals surface area contributed by atoms with Crippen molar-refractivity contribution >= 4 is 11.6 Å². The van der Waals surface area contributed by atoms with Crippen molar-refractivity contribution < 1.29 is 4.74 Å². The second kappa shape index (κ2) is 4.94. The minimum atomic E-state index is -0.415. The van der Waals surface area contributed by atoms with Crippen molar-refractivity contribution in [1.82, 2.24) is 4.98 Å². The molecule has 0 aliphatic heterocycles. The highest BCUT2D eigenvalue weighted by Crippen LogP contribution is 2.28. The number of halogens is 1. The SMILES string of the molecule is COc1ccc(-c2ccc(C#N)c(=O)[nH]2)cc1Cl. The number of ether oxygens (including phenoxy) is 1. The normalized spacial score (nSPS) is 9.83. The first-order valence-corrected chi connectivity index (χ1v) is 5.51. The van der Waals surface area contributed by atoms with E-state index in [2.05, 4.69) is 4.98 Å². The lowest BCUT2D eigenvalue weighted by atomic mass is 10.1. The molecule has 0 saturated carbocycles. The molecular weight excluding hydrogens is 252 g/mol. The number of aromatic amines is 1. The number of pyridine rings is 1. The van der Waals surface area contributed by atoms with Crippen LogP contribution >= 0.6 is 11.6 Å². The maximum atomic E-state index is 11.5. The Hall–Kier alpha value is -2.25. The van der Waals surface area contributed by atoms with Crippen molar-refractivity contribution in [3.05, 3.63) is 51.3 Å². The lowest BCUT2D eigenvalue weighted by molar-refractivity contribution is 0.415. The molecule has 0 spiro atoms. The van der Waals surface area contributed by atoms with E-state index in [0.717, 1.165) is 5.56 Å². The third kappa shape index (κ3) is 2.22. The number of benzene rings is 1. The number of rotatable bonds is 2. The number of aromatic nitrogens is 1. The molecule has 0 aliphatic carbocycles. The van der Waals surface area contributed by atoms with Gasteiger partial charge in [0, 0.05) is 5.69 Å². The summed E-state index contributed by atoms with van der Waals surface area (Å²) in [6.45, 7) is 0. The Kier molecular flexibility index (Phi) is 3.35. The summed E-state index contributed by atoms with van der Waals surface area (Å²) in [5.74, 6) is 0.566. The molecule has 0 aliphatic rings. The predicted molar refractivity (Wildman–Crippen MR) is 68.8 cm³/mol. The lowest BCUT2D eigenvalue weighted by Crippen LogP contribution is -2.10. The van der Waals surface area contributed by atoms with Crippen LogP contribution in [0.15, 0.2) is 35.1 Å². The van der Waals surface area contributed by atoms with Gasteiger partial charge in [-0.3, -0.25) is 4.79 Å². The van der Waals surface area contributed by atoms with Gasteiger partial charge in [-0.2, -0.15) is 5.26 Å². The molecule has 18 heavy (non-hydrogen) atoms. The molecule has 2 aromatic rings. The summed E-state index contributed by atoms with van der Waals surface area (Å²) < 4.78 is 5.05. The highest BCUT2D eigenvalue weighted by molar-refractivity contribution is 6.32. The molecular formula is C13H9ClN2O2. The van der Waals surface area contributed by atoms with Crippen LogP contribution in [0.25, 0.3) is 11.3 Å². The molecule has 0 unspecified atom stereocenters. The van der Waals surface area contributed by atoms with Crippen LogP contribution in [-0.4, -0.2) is 12.1 Å². The second-order valence-corrected chi connectivity index (χ2v) is 3.98. The molecule has 0 fully saturated rings. The van der Waals surface area contributed by atoms with Crippen molar-refractivity contribution in [2.24, 2.45) is 0 Å². The molecule has 1 heterocycles. The number of nitrogens with one attached hydrogen (secondary N) is 1. The topological polar surface area (TPSA) is 65.9 Å². The van der Waals surface area contributed by atoms with E-state index in [1.165, 1.54) is 13.2 Å². The smallest absolute Gasteiger partial charge is 0.266 e. The summed E-state index contributed by atoms with van der Waals surface area (Å²) >= 11 is 6.01. The van der Waals surface area contributed by atoms with Gasteiger partial charge in [-0.15, -0.1) is 0 Å². The third-order valence-electron chi connectivity index (χ3n) is 2.49. The fourth-order valence-corrected chi connectivity index (χ4v) is 1.82. The Labute approximate surface area is 108 Å². The highest BCUT2D eigenvalue weighted by atomic mass is 35.5. The Bertz CT molecular complexity index is 686. The van der Waals surface area contributed by atoms with Crippen molar-refractivity contribution in [3.8, 4) is 23.1 Å². The first-order chi connectivity index (χ1) is 8.65. The zero-order valence-electron chi connectivity index (χ0n) is 9.53. The van der Waals surface area contributed by atoms with E-state index < -0.39 is 5.56 Å². The van der Waals surface area contributed by atoms with Gasteiger partial charge in [-0.1, -0.05) is 11.6 Å². The standard InChI is InChI=1S/C13H9ClN2O2/c1-18-12-5-3-8(6-10(12)14)11-4-2-9(7-15)13(17)16-11/h2-6H,1H3,(H,16,17). The maximum Gasteiger partial charge on any atom is 0.266 e. The molecule has 0 atom stereocenters. The van der Waals surface area contributed by atoms with Gasteiger partial charge in [0.05, 0.1) is 12.1 Å². The fraction of sp³-hybridized carbons (Fsp3) is 0.0769. The van der Waals surface area contributed by atoms with Crippen LogP contribution in [0.2, 0.25) is 5.02 Å². The van der Waals surface area contributed by atoms with E-state index in [4.69, 9.17) is 21.6 Å². The molecule has 1 aromatic heterocycles. The Morgan fingerprint density at radius 3 is 2.67 bits per heavy atom. The maximum absolute atomic E-state index is 11.5. The number of nitrogens with zero attached hydrogens (tertiary/aromatic N) is 1. The quantitative estimate of drug-likeness (QED) is 0.902. The number of hydrogen-bond acceptors (Lipinski definition) is 3. The first kappa shape index (κ1) is 12.2. The first-order valence-electron chi connectivity index (χ1n) is 5.13. The zero-order chi connectivity index (χ0) is 13.1. The third-order valence-corrected chi connectivity index (χ3v) is 2.79. The monoisotopic (exact) mass is 260 g/mol. The zero-order valence-corrected chi connectivity index (χ0v) is 10.3. The average Bonchev–Trinajstić information content (AvgIpc) is 2.38. The van der Waals surface area contributed by atoms with Crippen LogP contribution < -0.4 is 10.3 Å². The molecule has 0 saturated heterocycles. The van der Waals surface area contributed by atoms with Gasteiger partial charge in [0.25, 0.3) is 5.56 Å². The summed E-state index contributed by atoms with van der Waals surface area (Å²) in [5.41, 5.74) is 1.02. The average molecular weight is 261 g/mol. The lowest BCUT2D eigenvalue weighted by Gasteiger charge is -2.06. The van der Waals surface area contributed by atoms with Gasteiger partial charge in [-0.05, 0) is 35.9 Å². The minimum Gasteiger partial charge on any atom is -0.495 e. The van der Waals surface area contributed by atoms with Crippen LogP contribution in [0.3, 0.4) is 0 Å². The second-order valence-electron chi connectivity index (χ2n) is 3.58. The van der Waals surface area contributed by atoms with E-state index in [9.17, 15) is 4.79 Å². The molecule has 2 rings (SSSR count). The van der Waals surface area contributed by atoms with E-state index in [0.29, 0.717) is 16.5 Å². The number of nitriles is 1. The van der Waals surface area contributed by atoms with Gasteiger partial charge in [0.1, 0.15) is 17.4 Å². The van der Waals surface area contributed by atoms with Crippen LogP contribution in [0.1, 0.15) is 5.56 Å². The summed E-state index contributed by atoms with van der Waals surface area (Å²) in [5, 5.41) is 9.14. The molecule has 4 nitrogen and oxygen atoms in total. The van der Waals surface area contributed by atoms with Gasteiger partial charge in [0.15, 0.2) is 0 Å². The summed E-state index contributed by atoms with van der Waals surface area (Å²) in [7, 11) is 1.53.